The van der Waals surface area contributed by atoms with E-state index in [0.717, 1.165) is 16.3 Å². The van der Waals surface area contributed by atoms with E-state index in [1.54, 1.807) is 0 Å². The summed E-state index contributed by atoms with van der Waals surface area (Å²) >= 11 is 3.46. The minimum atomic E-state index is -2.99. The fourth-order valence-electron chi connectivity index (χ4n) is 1.88. The molecule has 1 unspecified atom stereocenters. The summed E-state index contributed by atoms with van der Waals surface area (Å²) in [6, 6.07) is 13.9. The number of alkyl halides is 1. The predicted molar refractivity (Wildman–Crippen MR) is 75.3 cm³/mol. The van der Waals surface area contributed by atoms with Crippen LogP contribution < -0.4 is 0 Å². The van der Waals surface area contributed by atoms with Gasteiger partial charge in [-0.25, -0.2) is 8.42 Å². The van der Waals surface area contributed by atoms with E-state index in [9.17, 15) is 8.42 Å². The van der Waals surface area contributed by atoms with E-state index in [-0.39, 0.29) is 10.6 Å². The van der Waals surface area contributed by atoms with Gasteiger partial charge in [-0.2, -0.15) is 0 Å². The molecule has 0 aliphatic heterocycles. The van der Waals surface area contributed by atoms with Gasteiger partial charge in [0.1, 0.15) is 9.84 Å². The molecular formula is C13H13BrO2S. The van der Waals surface area contributed by atoms with Crippen LogP contribution in [0.4, 0.5) is 0 Å². The van der Waals surface area contributed by atoms with Crippen molar-refractivity contribution in [1.82, 2.24) is 0 Å². The largest absolute Gasteiger partial charge is 0.229 e. The van der Waals surface area contributed by atoms with Crippen LogP contribution in [0.5, 0.6) is 0 Å². The first-order chi connectivity index (χ1) is 7.97. The lowest BCUT2D eigenvalue weighted by atomic mass is 10.0. The van der Waals surface area contributed by atoms with E-state index in [1.807, 2.05) is 42.5 Å². The van der Waals surface area contributed by atoms with Crippen LogP contribution in [0, 0.1) is 0 Å². The molecule has 2 nitrogen and oxygen atoms in total. The van der Waals surface area contributed by atoms with Crippen molar-refractivity contribution in [2.24, 2.45) is 0 Å². The molecule has 0 spiro atoms. The van der Waals surface area contributed by atoms with Gasteiger partial charge >= 0.3 is 0 Å². The molecule has 90 valence electrons. The highest BCUT2D eigenvalue weighted by atomic mass is 79.9. The maximum atomic E-state index is 11.3. The second-order valence-corrected chi connectivity index (χ2v) is 7.42. The fourth-order valence-corrected chi connectivity index (χ4v) is 4.43. The maximum absolute atomic E-state index is 11.3. The first kappa shape index (κ1) is 12.6. The maximum Gasteiger partial charge on any atom is 0.148 e. The van der Waals surface area contributed by atoms with Crippen LogP contribution >= 0.6 is 15.9 Å². The molecule has 0 heterocycles. The molecule has 0 radical (unpaired) electrons. The van der Waals surface area contributed by atoms with Gasteiger partial charge in [0.2, 0.25) is 0 Å². The van der Waals surface area contributed by atoms with Crippen molar-refractivity contribution >= 4 is 36.5 Å². The lowest BCUT2D eigenvalue weighted by Crippen LogP contribution is -2.08. The Kier molecular flexibility index (Phi) is 3.54. The predicted octanol–water partition coefficient (Wildman–Crippen LogP) is 3.32. The van der Waals surface area contributed by atoms with Gasteiger partial charge in [-0.3, -0.25) is 0 Å². The van der Waals surface area contributed by atoms with E-state index in [4.69, 9.17) is 0 Å². The third-order valence-electron chi connectivity index (χ3n) is 2.61. The zero-order chi connectivity index (χ0) is 12.5. The summed E-state index contributed by atoms with van der Waals surface area (Å²) in [4.78, 5) is -0.163. The van der Waals surface area contributed by atoms with Crippen molar-refractivity contribution in [3.8, 4) is 0 Å². The highest BCUT2D eigenvalue weighted by Crippen LogP contribution is 2.30. The Hall–Kier alpha value is -0.870. The number of benzene rings is 2. The summed E-state index contributed by atoms with van der Waals surface area (Å²) in [5, 5.41) is 2.23. The van der Waals surface area contributed by atoms with Gasteiger partial charge in [-0.15, -0.1) is 0 Å². The third kappa shape index (κ3) is 3.07. The number of halogens is 1. The molecule has 0 aliphatic rings. The normalized spacial score (nSPS) is 13.8. The van der Waals surface area contributed by atoms with Gasteiger partial charge in [0.25, 0.3) is 0 Å². The molecule has 0 aliphatic carbocycles. The summed E-state index contributed by atoms with van der Waals surface area (Å²) in [5.74, 6) is 0.112. The zero-order valence-electron chi connectivity index (χ0n) is 9.43. The number of sulfone groups is 1. The molecule has 0 aromatic heterocycles. The first-order valence-electron chi connectivity index (χ1n) is 5.27. The van der Waals surface area contributed by atoms with Crippen molar-refractivity contribution in [3.63, 3.8) is 0 Å². The van der Waals surface area contributed by atoms with Crippen LogP contribution in [-0.2, 0) is 9.84 Å². The van der Waals surface area contributed by atoms with Crippen molar-refractivity contribution in [3.05, 3.63) is 48.0 Å². The molecule has 0 saturated heterocycles. The number of hydrogen-bond acceptors (Lipinski definition) is 2. The van der Waals surface area contributed by atoms with Crippen LogP contribution in [0.3, 0.4) is 0 Å². The van der Waals surface area contributed by atoms with Crippen LogP contribution in [0.1, 0.15) is 10.4 Å². The molecule has 1 atom stereocenters. The highest BCUT2D eigenvalue weighted by Gasteiger charge is 2.16. The Morgan fingerprint density at radius 3 is 2.47 bits per heavy atom. The SMILES string of the molecule is CS(=O)(=O)CC(Br)c1cccc2ccccc12. The zero-order valence-corrected chi connectivity index (χ0v) is 11.8. The van der Waals surface area contributed by atoms with Crippen molar-refractivity contribution < 1.29 is 8.42 Å². The first-order valence-corrected chi connectivity index (χ1v) is 8.24. The van der Waals surface area contributed by atoms with Gasteiger partial charge < -0.3 is 0 Å². The summed E-state index contributed by atoms with van der Waals surface area (Å²) in [5.41, 5.74) is 1.02. The van der Waals surface area contributed by atoms with E-state index < -0.39 is 9.84 Å². The second-order valence-electron chi connectivity index (χ2n) is 4.13. The van der Waals surface area contributed by atoms with Crippen LogP contribution in [-0.4, -0.2) is 20.4 Å². The van der Waals surface area contributed by atoms with E-state index in [2.05, 4.69) is 15.9 Å². The molecule has 2 rings (SSSR count). The summed E-state index contributed by atoms with van der Waals surface area (Å²) in [6.45, 7) is 0. The average Bonchev–Trinajstić information content (AvgIpc) is 2.26. The Bertz CT molecular complexity index is 629. The van der Waals surface area contributed by atoms with Crippen LogP contribution in [0.25, 0.3) is 10.8 Å². The monoisotopic (exact) mass is 312 g/mol. The number of hydrogen-bond donors (Lipinski definition) is 0. The Balaban J connectivity index is 2.48. The Labute approximate surface area is 110 Å². The molecule has 17 heavy (non-hydrogen) atoms. The molecule has 0 N–H and O–H groups in total. The lowest BCUT2D eigenvalue weighted by Gasteiger charge is -2.12. The summed E-state index contributed by atoms with van der Waals surface area (Å²) in [7, 11) is -2.99. The minimum Gasteiger partial charge on any atom is -0.229 e. The summed E-state index contributed by atoms with van der Waals surface area (Å²) in [6.07, 6.45) is 1.26. The summed E-state index contributed by atoms with van der Waals surface area (Å²) < 4.78 is 22.6. The molecule has 0 fully saturated rings. The molecule has 0 amide bonds. The fraction of sp³-hybridized carbons (Fsp3) is 0.231. The van der Waals surface area contributed by atoms with Gasteiger partial charge in [0, 0.05) is 6.26 Å². The average molecular weight is 313 g/mol. The molecule has 0 bridgehead atoms. The van der Waals surface area contributed by atoms with Gasteiger partial charge in [-0.1, -0.05) is 58.4 Å². The molecule has 4 heteroatoms. The topological polar surface area (TPSA) is 34.1 Å². The second kappa shape index (κ2) is 4.78. The number of fused-ring (bicyclic) bond motifs is 1. The standard InChI is InChI=1S/C13H13BrO2S/c1-17(15,16)9-13(14)12-8-4-6-10-5-2-3-7-11(10)12/h2-8,13H,9H2,1H3. The van der Waals surface area contributed by atoms with Gasteiger partial charge in [0.05, 0.1) is 10.6 Å². The van der Waals surface area contributed by atoms with E-state index >= 15 is 0 Å². The molecule has 0 saturated carbocycles. The minimum absolute atomic E-state index is 0.112. The van der Waals surface area contributed by atoms with Gasteiger partial charge in [-0.05, 0) is 16.3 Å². The van der Waals surface area contributed by atoms with Crippen molar-refractivity contribution in [2.45, 2.75) is 4.83 Å². The van der Waals surface area contributed by atoms with Crippen LogP contribution in [0.15, 0.2) is 42.5 Å². The molecule has 2 aromatic carbocycles. The Morgan fingerprint density at radius 2 is 1.76 bits per heavy atom. The van der Waals surface area contributed by atoms with Crippen LogP contribution in [0.2, 0.25) is 0 Å². The van der Waals surface area contributed by atoms with Gasteiger partial charge in [0.15, 0.2) is 0 Å². The van der Waals surface area contributed by atoms with Crippen molar-refractivity contribution in [2.75, 3.05) is 12.0 Å². The Morgan fingerprint density at radius 1 is 1.12 bits per heavy atom. The quantitative estimate of drug-likeness (QED) is 0.815. The lowest BCUT2D eigenvalue weighted by molar-refractivity contribution is 0.601. The third-order valence-corrected chi connectivity index (χ3v) is 4.79. The smallest absolute Gasteiger partial charge is 0.148 e. The van der Waals surface area contributed by atoms with Crippen molar-refractivity contribution in [1.29, 1.82) is 0 Å². The highest BCUT2D eigenvalue weighted by molar-refractivity contribution is 9.09. The number of rotatable bonds is 3. The van der Waals surface area contributed by atoms with E-state index in [1.165, 1.54) is 6.26 Å². The molecule has 2 aromatic rings. The molecular weight excluding hydrogens is 300 g/mol. The van der Waals surface area contributed by atoms with E-state index in [0.29, 0.717) is 0 Å².